The van der Waals surface area contributed by atoms with E-state index >= 15 is 0 Å². The molecule has 0 saturated heterocycles. The highest BCUT2D eigenvalue weighted by atomic mass is 16.5. The Hall–Kier alpha value is -2.35. The maximum Gasteiger partial charge on any atom is 0.338 e. The molecule has 1 aromatic carbocycles. The SMILES string of the molecule is C[C@@H](OC(=O)c1ccc2c(c1)CCCC2)C(=O)N(C)CCC#N. The van der Waals surface area contributed by atoms with Crippen LogP contribution in [0.4, 0.5) is 0 Å². The third kappa shape index (κ3) is 4.32. The zero-order valence-electron chi connectivity index (χ0n) is 13.7. The number of fused-ring (bicyclic) bond motifs is 1. The maximum absolute atomic E-state index is 12.2. The van der Waals surface area contributed by atoms with Crippen LogP contribution in [-0.2, 0) is 22.4 Å². The zero-order chi connectivity index (χ0) is 16.8. The van der Waals surface area contributed by atoms with Crippen molar-refractivity contribution < 1.29 is 14.3 Å². The molecule has 0 unspecified atom stereocenters. The zero-order valence-corrected chi connectivity index (χ0v) is 13.7. The summed E-state index contributed by atoms with van der Waals surface area (Å²) in [6.45, 7) is 1.89. The second-order valence-corrected chi connectivity index (χ2v) is 5.91. The summed E-state index contributed by atoms with van der Waals surface area (Å²) in [4.78, 5) is 25.7. The Balaban J connectivity index is 1.98. The number of aryl methyl sites for hydroxylation is 2. The molecule has 0 aliphatic heterocycles. The van der Waals surface area contributed by atoms with Crippen LogP contribution in [0.2, 0.25) is 0 Å². The molecule has 1 aromatic rings. The van der Waals surface area contributed by atoms with Gasteiger partial charge in [-0.3, -0.25) is 4.79 Å². The number of hydrogen-bond acceptors (Lipinski definition) is 4. The maximum atomic E-state index is 12.2. The molecule has 1 aliphatic carbocycles. The van der Waals surface area contributed by atoms with E-state index in [1.54, 1.807) is 20.0 Å². The van der Waals surface area contributed by atoms with Gasteiger partial charge in [-0.1, -0.05) is 6.07 Å². The van der Waals surface area contributed by atoms with E-state index in [0.29, 0.717) is 12.1 Å². The number of ether oxygens (including phenoxy) is 1. The van der Waals surface area contributed by atoms with Crippen molar-refractivity contribution in [2.75, 3.05) is 13.6 Å². The van der Waals surface area contributed by atoms with Crippen LogP contribution in [0.1, 0.15) is 47.7 Å². The number of rotatable bonds is 5. The van der Waals surface area contributed by atoms with Gasteiger partial charge in [0.05, 0.1) is 18.1 Å². The Kier molecular flexibility index (Phi) is 5.75. The van der Waals surface area contributed by atoms with Gasteiger partial charge in [0.2, 0.25) is 0 Å². The molecule has 5 heteroatoms. The summed E-state index contributed by atoms with van der Waals surface area (Å²) in [5.41, 5.74) is 2.99. The lowest BCUT2D eigenvalue weighted by molar-refractivity contribution is -0.138. The van der Waals surface area contributed by atoms with Crippen molar-refractivity contribution in [3.63, 3.8) is 0 Å². The first-order chi connectivity index (χ1) is 11.0. The van der Waals surface area contributed by atoms with Gasteiger partial charge < -0.3 is 9.64 Å². The van der Waals surface area contributed by atoms with Crippen LogP contribution in [-0.4, -0.2) is 36.5 Å². The van der Waals surface area contributed by atoms with Crippen LogP contribution in [0, 0.1) is 11.3 Å². The average molecular weight is 314 g/mol. The highest BCUT2D eigenvalue weighted by molar-refractivity contribution is 5.92. The fourth-order valence-electron chi connectivity index (χ4n) is 2.78. The second kappa shape index (κ2) is 7.77. The van der Waals surface area contributed by atoms with Crippen molar-refractivity contribution in [2.24, 2.45) is 0 Å². The molecule has 0 radical (unpaired) electrons. The van der Waals surface area contributed by atoms with Crippen LogP contribution >= 0.6 is 0 Å². The second-order valence-electron chi connectivity index (χ2n) is 5.91. The van der Waals surface area contributed by atoms with E-state index < -0.39 is 12.1 Å². The molecular weight excluding hydrogens is 292 g/mol. The largest absolute Gasteiger partial charge is 0.449 e. The van der Waals surface area contributed by atoms with Crippen molar-refractivity contribution in [2.45, 2.75) is 45.1 Å². The smallest absolute Gasteiger partial charge is 0.338 e. The van der Waals surface area contributed by atoms with Crippen molar-refractivity contribution in [1.29, 1.82) is 5.26 Å². The quantitative estimate of drug-likeness (QED) is 0.783. The van der Waals surface area contributed by atoms with Gasteiger partial charge in [-0.05, 0) is 55.9 Å². The van der Waals surface area contributed by atoms with Gasteiger partial charge in [-0.25, -0.2) is 4.79 Å². The molecule has 0 bridgehead atoms. The monoisotopic (exact) mass is 314 g/mol. The summed E-state index contributed by atoms with van der Waals surface area (Å²) >= 11 is 0. The minimum atomic E-state index is -0.859. The summed E-state index contributed by atoms with van der Waals surface area (Å²) in [5.74, 6) is -0.778. The average Bonchev–Trinajstić information content (AvgIpc) is 2.58. The molecule has 1 atom stereocenters. The predicted octanol–water partition coefficient (Wildman–Crippen LogP) is 2.48. The number of likely N-dealkylation sites (N-methyl/N-ethyl adjacent to an activating group) is 1. The Bertz CT molecular complexity index is 634. The molecule has 2 rings (SSSR count). The molecular formula is C18H22N2O3. The third-order valence-electron chi connectivity index (χ3n) is 4.15. The molecule has 0 aromatic heterocycles. The molecule has 0 spiro atoms. The van der Waals surface area contributed by atoms with Gasteiger partial charge in [0.15, 0.2) is 6.10 Å². The van der Waals surface area contributed by atoms with Crippen molar-refractivity contribution in [3.05, 3.63) is 34.9 Å². The Morgan fingerprint density at radius 2 is 2.00 bits per heavy atom. The van der Waals surface area contributed by atoms with Crippen molar-refractivity contribution >= 4 is 11.9 Å². The van der Waals surface area contributed by atoms with Crippen molar-refractivity contribution in [3.8, 4) is 6.07 Å². The van der Waals surface area contributed by atoms with Gasteiger partial charge >= 0.3 is 5.97 Å². The summed E-state index contributed by atoms with van der Waals surface area (Å²) in [7, 11) is 1.60. The summed E-state index contributed by atoms with van der Waals surface area (Å²) < 4.78 is 5.28. The van der Waals surface area contributed by atoms with E-state index in [1.807, 2.05) is 18.2 Å². The normalized spacial score (nSPS) is 14.3. The van der Waals surface area contributed by atoms with Crippen molar-refractivity contribution in [1.82, 2.24) is 4.90 Å². The first kappa shape index (κ1) is 17.0. The number of nitrogens with zero attached hydrogens (tertiary/aromatic N) is 2. The minimum Gasteiger partial charge on any atom is -0.449 e. The van der Waals surface area contributed by atoms with E-state index in [1.165, 1.54) is 22.4 Å². The summed E-state index contributed by atoms with van der Waals surface area (Å²) in [6, 6.07) is 7.62. The van der Waals surface area contributed by atoms with E-state index in [-0.39, 0.29) is 12.3 Å². The number of nitriles is 1. The van der Waals surface area contributed by atoms with Crippen LogP contribution in [0.15, 0.2) is 18.2 Å². The molecule has 5 nitrogen and oxygen atoms in total. The van der Waals surface area contributed by atoms with Gasteiger partial charge in [0, 0.05) is 13.6 Å². The van der Waals surface area contributed by atoms with Crippen LogP contribution in [0.5, 0.6) is 0 Å². The summed E-state index contributed by atoms with van der Waals surface area (Å²) in [6.07, 6.45) is 3.78. The van der Waals surface area contributed by atoms with E-state index in [9.17, 15) is 9.59 Å². The number of amides is 1. The van der Waals surface area contributed by atoms with Crippen LogP contribution < -0.4 is 0 Å². The number of hydrogen-bond donors (Lipinski definition) is 0. The molecule has 0 fully saturated rings. The van der Waals surface area contributed by atoms with Gasteiger partial charge in [0.25, 0.3) is 5.91 Å². The number of carbonyl (C=O) groups excluding carboxylic acids is 2. The van der Waals surface area contributed by atoms with Gasteiger partial charge in [0.1, 0.15) is 0 Å². The van der Waals surface area contributed by atoms with Gasteiger partial charge in [-0.15, -0.1) is 0 Å². The van der Waals surface area contributed by atoms with E-state index in [4.69, 9.17) is 10.00 Å². The number of carbonyl (C=O) groups is 2. The number of esters is 1. The first-order valence-corrected chi connectivity index (χ1v) is 7.97. The molecule has 23 heavy (non-hydrogen) atoms. The highest BCUT2D eigenvalue weighted by Crippen LogP contribution is 2.22. The molecule has 1 amide bonds. The minimum absolute atomic E-state index is 0.258. The fraction of sp³-hybridized carbons (Fsp3) is 0.500. The summed E-state index contributed by atoms with van der Waals surface area (Å²) in [5, 5.41) is 8.55. The first-order valence-electron chi connectivity index (χ1n) is 7.97. The fourth-order valence-corrected chi connectivity index (χ4v) is 2.78. The molecule has 0 heterocycles. The van der Waals surface area contributed by atoms with E-state index in [0.717, 1.165) is 19.3 Å². The van der Waals surface area contributed by atoms with Crippen LogP contribution in [0.3, 0.4) is 0 Å². The molecule has 1 aliphatic rings. The lowest BCUT2D eigenvalue weighted by Crippen LogP contribution is -2.37. The Morgan fingerprint density at radius 1 is 1.30 bits per heavy atom. The Labute approximate surface area is 136 Å². The molecule has 122 valence electrons. The van der Waals surface area contributed by atoms with Gasteiger partial charge in [-0.2, -0.15) is 5.26 Å². The van der Waals surface area contributed by atoms with Crippen LogP contribution in [0.25, 0.3) is 0 Å². The number of benzene rings is 1. The Morgan fingerprint density at radius 3 is 2.70 bits per heavy atom. The lowest BCUT2D eigenvalue weighted by Gasteiger charge is -2.21. The van der Waals surface area contributed by atoms with E-state index in [2.05, 4.69) is 0 Å². The molecule has 0 N–H and O–H groups in total. The highest BCUT2D eigenvalue weighted by Gasteiger charge is 2.22. The topological polar surface area (TPSA) is 70.4 Å². The lowest BCUT2D eigenvalue weighted by atomic mass is 9.90. The predicted molar refractivity (Wildman–Crippen MR) is 85.8 cm³/mol. The third-order valence-corrected chi connectivity index (χ3v) is 4.15. The standard InChI is InChI=1S/C18H22N2O3/c1-13(17(21)20(2)11-5-10-19)23-18(22)16-9-8-14-6-3-4-7-15(14)12-16/h8-9,12-13H,3-7,11H2,1-2H3/t13-/m1/s1. The molecule has 0 saturated carbocycles.